The average Bonchev–Trinajstić information content (AvgIpc) is 3.00. The Balaban J connectivity index is 2.39. The number of anilines is 1. The standard InChI is InChI=1S/C14H17N5OS/c1-21-14(17-9-15)18-10-4-5-11(13(16)20)12(8-10)19-6-2-3-7-19/h4-5,8H,2-3,6-7H2,1H3,(H2,16,20)(H,17,18). The van der Waals surface area contributed by atoms with Gasteiger partial charge < -0.3 is 10.6 Å². The number of benzene rings is 1. The smallest absolute Gasteiger partial charge is 0.250 e. The first-order chi connectivity index (χ1) is 10.2. The normalized spacial score (nSPS) is 14.9. The molecule has 6 nitrogen and oxygen atoms in total. The molecule has 0 bridgehead atoms. The molecule has 0 aromatic heterocycles. The molecular formula is C14H17N5OS. The molecule has 1 aliphatic heterocycles. The Morgan fingerprint density at radius 2 is 2.19 bits per heavy atom. The summed E-state index contributed by atoms with van der Waals surface area (Å²) >= 11 is 1.35. The summed E-state index contributed by atoms with van der Waals surface area (Å²) in [6.45, 7) is 1.83. The van der Waals surface area contributed by atoms with Gasteiger partial charge in [0.25, 0.3) is 5.91 Å². The first kappa shape index (κ1) is 15.2. The Morgan fingerprint density at radius 1 is 1.48 bits per heavy atom. The van der Waals surface area contributed by atoms with Crippen LogP contribution in [-0.2, 0) is 0 Å². The maximum absolute atomic E-state index is 11.6. The van der Waals surface area contributed by atoms with E-state index in [4.69, 9.17) is 11.0 Å². The highest BCUT2D eigenvalue weighted by Crippen LogP contribution is 2.29. The predicted molar refractivity (Wildman–Crippen MR) is 85.8 cm³/mol. The molecule has 0 saturated carbocycles. The predicted octanol–water partition coefficient (Wildman–Crippen LogP) is 1.81. The fraction of sp³-hybridized carbons (Fsp3) is 0.357. The van der Waals surface area contributed by atoms with Crippen molar-refractivity contribution in [1.82, 2.24) is 5.32 Å². The number of aliphatic imine (C=N–C) groups is 1. The summed E-state index contributed by atoms with van der Waals surface area (Å²) in [5.74, 6) is -0.437. The average molecular weight is 303 g/mol. The van der Waals surface area contributed by atoms with Gasteiger partial charge in [0.15, 0.2) is 11.4 Å². The molecule has 0 spiro atoms. The number of nitrogens with one attached hydrogen (secondary N) is 1. The number of nitrogens with two attached hydrogens (primary N) is 1. The molecule has 1 aliphatic rings. The summed E-state index contributed by atoms with van der Waals surface area (Å²) in [6.07, 6.45) is 5.91. The summed E-state index contributed by atoms with van der Waals surface area (Å²) in [7, 11) is 0. The van der Waals surface area contributed by atoms with E-state index in [1.54, 1.807) is 12.1 Å². The summed E-state index contributed by atoms with van der Waals surface area (Å²) in [5.41, 5.74) is 7.46. The third kappa shape index (κ3) is 3.67. The summed E-state index contributed by atoms with van der Waals surface area (Å²) < 4.78 is 0. The lowest BCUT2D eigenvalue weighted by molar-refractivity contribution is 0.100. The van der Waals surface area contributed by atoms with Crippen molar-refractivity contribution in [2.75, 3.05) is 24.2 Å². The van der Waals surface area contributed by atoms with Crippen LogP contribution < -0.4 is 16.0 Å². The lowest BCUT2D eigenvalue weighted by Crippen LogP contribution is -2.23. The van der Waals surface area contributed by atoms with Crippen LogP contribution in [0.3, 0.4) is 0 Å². The Hall–Kier alpha value is -2.20. The van der Waals surface area contributed by atoms with Crippen molar-refractivity contribution in [3.63, 3.8) is 0 Å². The van der Waals surface area contributed by atoms with Crippen molar-refractivity contribution in [3.8, 4) is 6.19 Å². The molecule has 0 unspecified atom stereocenters. The van der Waals surface area contributed by atoms with Gasteiger partial charge in [-0.3, -0.25) is 10.1 Å². The molecule has 3 N–H and O–H groups in total. The largest absolute Gasteiger partial charge is 0.371 e. The van der Waals surface area contributed by atoms with Gasteiger partial charge in [0.1, 0.15) is 0 Å². The Bertz CT molecular complexity index is 602. The molecule has 21 heavy (non-hydrogen) atoms. The van der Waals surface area contributed by atoms with Crippen LogP contribution in [0.4, 0.5) is 11.4 Å². The molecule has 110 valence electrons. The highest BCUT2D eigenvalue weighted by molar-refractivity contribution is 8.13. The van der Waals surface area contributed by atoms with Crippen molar-refractivity contribution in [1.29, 1.82) is 5.26 Å². The van der Waals surface area contributed by atoms with E-state index in [1.807, 2.05) is 18.5 Å². The molecule has 1 saturated heterocycles. The van der Waals surface area contributed by atoms with Gasteiger partial charge in [0, 0.05) is 13.1 Å². The Kier molecular flexibility index (Phi) is 5.06. The second-order valence-corrected chi connectivity index (χ2v) is 5.41. The maximum Gasteiger partial charge on any atom is 0.250 e. The third-order valence-electron chi connectivity index (χ3n) is 3.28. The number of amidine groups is 1. The van der Waals surface area contributed by atoms with Crippen molar-refractivity contribution >= 4 is 34.2 Å². The molecule has 1 heterocycles. The monoisotopic (exact) mass is 303 g/mol. The van der Waals surface area contributed by atoms with Crippen LogP contribution in [0.2, 0.25) is 0 Å². The second kappa shape index (κ2) is 6.99. The van der Waals surface area contributed by atoms with Gasteiger partial charge in [-0.25, -0.2) is 4.99 Å². The van der Waals surface area contributed by atoms with Crippen molar-refractivity contribution in [2.24, 2.45) is 10.7 Å². The van der Waals surface area contributed by atoms with Crippen LogP contribution in [0.15, 0.2) is 23.2 Å². The highest BCUT2D eigenvalue weighted by Gasteiger charge is 2.18. The minimum atomic E-state index is -0.437. The second-order valence-electron chi connectivity index (χ2n) is 4.62. The van der Waals surface area contributed by atoms with Crippen LogP contribution in [0.5, 0.6) is 0 Å². The molecule has 7 heteroatoms. The van der Waals surface area contributed by atoms with Crippen LogP contribution in [0, 0.1) is 11.5 Å². The van der Waals surface area contributed by atoms with E-state index >= 15 is 0 Å². The number of hydrogen-bond acceptors (Lipinski definition) is 5. The van der Waals surface area contributed by atoms with Gasteiger partial charge in [-0.15, -0.1) is 0 Å². The van der Waals surface area contributed by atoms with E-state index < -0.39 is 5.91 Å². The quantitative estimate of drug-likeness (QED) is 0.384. The van der Waals surface area contributed by atoms with Crippen LogP contribution in [0.1, 0.15) is 23.2 Å². The van der Waals surface area contributed by atoms with Gasteiger partial charge in [-0.2, -0.15) is 5.26 Å². The van der Waals surface area contributed by atoms with Gasteiger partial charge in [-0.1, -0.05) is 11.8 Å². The zero-order valence-electron chi connectivity index (χ0n) is 11.8. The number of carbonyl (C=O) groups excluding carboxylic acids is 1. The van der Waals surface area contributed by atoms with E-state index in [9.17, 15) is 4.79 Å². The number of amides is 1. The molecular weight excluding hydrogens is 286 g/mol. The number of nitrogens with zero attached hydrogens (tertiary/aromatic N) is 3. The molecule has 1 amide bonds. The van der Waals surface area contributed by atoms with Gasteiger partial charge in [-0.05, 0) is 37.3 Å². The third-order valence-corrected chi connectivity index (χ3v) is 3.86. The molecule has 1 aromatic rings. The lowest BCUT2D eigenvalue weighted by Gasteiger charge is -2.20. The maximum atomic E-state index is 11.6. The Labute approximate surface area is 128 Å². The zero-order chi connectivity index (χ0) is 15.2. The molecule has 1 fully saturated rings. The van der Waals surface area contributed by atoms with Gasteiger partial charge >= 0.3 is 0 Å². The number of primary amides is 1. The van der Waals surface area contributed by atoms with Crippen molar-refractivity contribution in [3.05, 3.63) is 23.8 Å². The van der Waals surface area contributed by atoms with Crippen LogP contribution >= 0.6 is 11.8 Å². The summed E-state index contributed by atoms with van der Waals surface area (Å²) in [4.78, 5) is 18.1. The van der Waals surface area contributed by atoms with Crippen LogP contribution in [0.25, 0.3) is 0 Å². The Morgan fingerprint density at radius 3 is 2.76 bits per heavy atom. The molecule has 1 aromatic carbocycles. The minimum Gasteiger partial charge on any atom is -0.371 e. The number of rotatable bonds is 3. The topological polar surface area (TPSA) is 94.5 Å². The van der Waals surface area contributed by atoms with E-state index in [0.717, 1.165) is 31.6 Å². The van der Waals surface area contributed by atoms with E-state index in [2.05, 4.69) is 15.2 Å². The number of carbonyl (C=O) groups is 1. The number of thioether (sulfide) groups is 1. The lowest BCUT2D eigenvalue weighted by atomic mass is 10.1. The van der Waals surface area contributed by atoms with Crippen molar-refractivity contribution in [2.45, 2.75) is 12.8 Å². The number of hydrogen-bond donors (Lipinski definition) is 2. The SMILES string of the molecule is CSC(=Nc1ccc(C(N)=O)c(N2CCCC2)c1)NC#N. The van der Waals surface area contributed by atoms with E-state index in [1.165, 1.54) is 11.8 Å². The van der Waals surface area contributed by atoms with Gasteiger partial charge in [0.2, 0.25) is 0 Å². The molecule has 0 atom stereocenters. The van der Waals surface area contributed by atoms with Crippen LogP contribution in [-0.4, -0.2) is 30.4 Å². The van der Waals surface area contributed by atoms with E-state index in [0.29, 0.717) is 16.4 Å². The highest BCUT2D eigenvalue weighted by atomic mass is 32.2. The fourth-order valence-corrected chi connectivity index (χ4v) is 2.65. The molecule has 0 aliphatic carbocycles. The molecule has 0 radical (unpaired) electrons. The molecule has 2 rings (SSSR count). The summed E-state index contributed by atoms with van der Waals surface area (Å²) in [6, 6.07) is 5.27. The van der Waals surface area contributed by atoms with Crippen molar-refractivity contribution < 1.29 is 4.79 Å². The van der Waals surface area contributed by atoms with E-state index in [-0.39, 0.29) is 0 Å². The summed E-state index contributed by atoms with van der Waals surface area (Å²) in [5, 5.41) is 11.7. The first-order valence-electron chi connectivity index (χ1n) is 6.62. The number of nitriles is 1. The van der Waals surface area contributed by atoms with Gasteiger partial charge in [0.05, 0.1) is 16.9 Å². The first-order valence-corrected chi connectivity index (χ1v) is 7.84. The fourth-order valence-electron chi connectivity index (χ4n) is 2.31. The minimum absolute atomic E-state index is 0.437. The zero-order valence-corrected chi connectivity index (χ0v) is 12.6.